The number of hydrogen-bond donors (Lipinski definition) is 0. The fourth-order valence-corrected chi connectivity index (χ4v) is 4.85. The molecule has 2 aliphatic rings. The van der Waals surface area contributed by atoms with E-state index in [1.807, 2.05) is 6.92 Å². The van der Waals surface area contributed by atoms with Crippen LogP contribution in [0.5, 0.6) is 11.5 Å². The van der Waals surface area contributed by atoms with Gasteiger partial charge in [-0.2, -0.15) is 4.39 Å². The molecule has 4 heteroatoms. The summed E-state index contributed by atoms with van der Waals surface area (Å²) >= 11 is 0. The third-order valence-corrected chi connectivity index (χ3v) is 6.55. The average molecular weight is 427 g/mol. The molecule has 0 aromatic heterocycles. The van der Waals surface area contributed by atoms with E-state index in [2.05, 4.69) is 18.8 Å². The van der Waals surface area contributed by atoms with Gasteiger partial charge in [-0.05, 0) is 55.7 Å². The first kappa shape index (κ1) is 21.8. The van der Waals surface area contributed by atoms with Crippen molar-refractivity contribution in [3.05, 3.63) is 57.9 Å². The van der Waals surface area contributed by atoms with Gasteiger partial charge in [0.2, 0.25) is 5.82 Å². The van der Waals surface area contributed by atoms with Crippen LogP contribution >= 0.6 is 0 Å². The molecule has 0 bridgehead atoms. The second kappa shape index (κ2) is 9.39. The van der Waals surface area contributed by atoms with Crippen molar-refractivity contribution in [3.8, 4) is 23.3 Å². The monoisotopic (exact) mass is 426 g/mol. The zero-order valence-electron chi connectivity index (χ0n) is 18.3. The lowest BCUT2D eigenvalue weighted by molar-refractivity contribution is 0.300. The maximum atomic E-state index is 15.2. The van der Waals surface area contributed by atoms with Crippen molar-refractivity contribution >= 4 is 0 Å². The van der Waals surface area contributed by atoms with Gasteiger partial charge in [-0.25, -0.2) is 8.78 Å². The molecular weight excluding hydrogens is 397 g/mol. The molecule has 0 radical (unpaired) electrons. The van der Waals surface area contributed by atoms with Crippen LogP contribution in [0.3, 0.4) is 0 Å². The number of ether oxygens (including phenoxy) is 1. The van der Waals surface area contributed by atoms with Crippen LogP contribution in [0, 0.1) is 41.1 Å². The van der Waals surface area contributed by atoms with E-state index in [0.29, 0.717) is 36.0 Å². The molecule has 1 aliphatic carbocycles. The van der Waals surface area contributed by atoms with Gasteiger partial charge < -0.3 is 4.74 Å². The van der Waals surface area contributed by atoms with Gasteiger partial charge in [-0.15, -0.1) is 0 Å². The Bertz CT molecular complexity index is 1020. The van der Waals surface area contributed by atoms with Crippen LogP contribution in [-0.2, 0) is 12.8 Å². The number of fused-ring (bicyclic) bond motifs is 2. The summed E-state index contributed by atoms with van der Waals surface area (Å²) < 4.78 is 49.7. The van der Waals surface area contributed by atoms with Crippen molar-refractivity contribution in [2.45, 2.75) is 71.6 Å². The molecule has 4 rings (SSSR count). The van der Waals surface area contributed by atoms with Crippen molar-refractivity contribution in [2.24, 2.45) is 11.8 Å². The molecule has 31 heavy (non-hydrogen) atoms. The normalized spacial score (nSPS) is 19.6. The fourth-order valence-electron chi connectivity index (χ4n) is 4.85. The van der Waals surface area contributed by atoms with Crippen LogP contribution in [0.4, 0.5) is 13.2 Å². The second-order valence-electron chi connectivity index (χ2n) is 8.87. The van der Waals surface area contributed by atoms with Gasteiger partial charge in [0.05, 0.1) is 5.56 Å². The molecule has 1 heterocycles. The van der Waals surface area contributed by atoms with Crippen molar-refractivity contribution in [2.75, 3.05) is 0 Å². The Hall–Kier alpha value is -2.41. The quantitative estimate of drug-likeness (QED) is 0.388. The SMILES string of the molecule is CCCc1cc2c(c(F)c1F)Oc1c(ccc(C#CC3CCC(CCC)CC3)c1F)C2. The topological polar surface area (TPSA) is 9.23 Å². The molecule has 2 aromatic carbocycles. The smallest absolute Gasteiger partial charge is 0.201 e. The summed E-state index contributed by atoms with van der Waals surface area (Å²) in [6.07, 6.45) is 8.44. The van der Waals surface area contributed by atoms with E-state index in [0.717, 1.165) is 18.8 Å². The molecular formula is C27H29F3O. The van der Waals surface area contributed by atoms with Gasteiger partial charge in [0.15, 0.2) is 23.1 Å². The maximum Gasteiger partial charge on any atom is 0.201 e. The number of aryl methyl sites for hydroxylation is 1. The van der Waals surface area contributed by atoms with Crippen LogP contribution < -0.4 is 4.74 Å². The minimum absolute atomic E-state index is 0.0347. The van der Waals surface area contributed by atoms with E-state index in [-0.39, 0.29) is 23.0 Å². The zero-order valence-corrected chi connectivity index (χ0v) is 18.3. The molecule has 0 unspecified atom stereocenters. The van der Waals surface area contributed by atoms with Crippen LogP contribution in [0.15, 0.2) is 18.2 Å². The summed E-state index contributed by atoms with van der Waals surface area (Å²) in [7, 11) is 0. The average Bonchev–Trinajstić information content (AvgIpc) is 2.77. The highest BCUT2D eigenvalue weighted by Crippen LogP contribution is 2.42. The van der Waals surface area contributed by atoms with Crippen molar-refractivity contribution in [1.82, 2.24) is 0 Å². The van der Waals surface area contributed by atoms with Crippen LogP contribution in [-0.4, -0.2) is 0 Å². The summed E-state index contributed by atoms with van der Waals surface area (Å²) in [4.78, 5) is 0. The fraction of sp³-hybridized carbons (Fsp3) is 0.481. The summed E-state index contributed by atoms with van der Waals surface area (Å²) in [6, 6.07) is 5.09. The summed E-state index contributed by atoms with van der Waals surface area (Å²) in [5.74, 6) is 4.52. The minimum atomic E-state index is -1.04. The first-order valence-corrected chi connectivity index (χ1v) is 11.5. The Kier molecular flexibility index (Phi) is 6.60. The number of benzene rings is 2. The van der Waals surface area contributed by atoms with Gasteiger partial charge in [0.1, 0.15) is 0 Å². The lowest BCUT2D eigenvalue weighted by Crippen LogP contribution is -2.13. The molecule has 1 saturated carbocycles. The van der Waals surface area contributed by atoms with Crippen molar-refractivity contribution in [1.29, 1.82) is 0 Å². The summed E-state index contributed by atoms with van der Waals surface area (Å²) in [5, 5.41) is 0. The molecule has 164 valence electrons. The molecule has 1 fully saturated rings. The van der Waals surface area contributed by atoms with Crippen LogP contribution in [0.1, 0.15) is 81.0 Å². The molecule has 2 aromatic rings. The predicted molar refractivity (Wildman–Crippen MR) is 117 cm³/mol. The van der Waals surface area contributed by atoms with E-state index in [4.69, 9.17) is 4.74 Å². The minimum Gasteiger partial charge on any atom is -0.450 e. The Morgan fingerprint density at radius 2 is 1.65 bits per heavy atom. The lowest BCUT2D eigenvalue weighted by atomic mass is 9.80. The number of halogens is 3. The first-order valence-electron chi connectivity index (χ1n) is 11.5. The Balaban J connectivity index is 1.56. The van der Waals surface area contributed by atoms with E-state index in [1.165, 1.54) is 25.7 Å². The number of rotatable bonds is 4. The second-order valence-corrected chi connectivity index (χ2v) is 8.87. The van der Waals surface area contributed by atoms with Crippen LogP contribution in [0.2, 0.25) is 0 Å². The van der Waals surface area contributed by atoms with Gasteiger partial charge in [0.25, 0.3) is 0 Å². The molecule has 0 amide bonds. The van der Waals surface area contributed by atoms with Gasteiger partial charge in [0, 0.05) is 23.5 Å². The van der Waals surface area contributed by atoms with Gasteiger partial charge in [-0.1, -0.05) is 51.0 Å². The molecule has 0 spiro atoms. The van der Waals surface area contributed by atoms with Crippen molar-refractivity contribution < 1.29 is 17.9 Å². The molecule has 0 N–H and O–H groups in total. The van der Waals surface area contributed by atoms with Crippen molar-refractivity contribution in [3.63, 3.8) is 0 Å². The Morgan fingerprint density at radius 3 is 2.35 bits per heavy atom. The highest BCUT2D eigenvalue weighted by molar-refractivity contribution is 5.55. The Morgan fingerprint density at radius 1 is 0.903 bits per heavy atom. The maximum absolute atomic E-state index is 15.2. The van der Waals surface area contributed by atoms with E-state index in [1.54, 1.807) is 18.2 Å². The largest absolute Gasteiger partial charge is 0.450 e. The Labute approximate surface area is 183 Å². The third kappa shape index (κ3) is 4.47. The van der Waals surface area contributed by atoms with E-state index in [9.17, 15) is 8.78 Å². The third-order valence-electron chi connectivity index (χ3n) is 6.55. The van der Waals surface area contributed by atoms with Crippen LogP contribution in [0.25, 0.3) is 0 Å². The number of hydrogen-bond acceptors (Lipinski definition) is 1. The molecule has 0 saturated heterocycles. The summed E-state index contributed by atoms with van der Waals surface area (Å²) in [5.41, 5.74) is 1.77. The first-order chi connectivity index (χ1) is 15.0. The van der Waals surface area contributed by atoms with Gasteiger partial charge in [-0.3, -0.25) is 0 Å². The zero-order chi connectivity index (χ0) is 22.0. The standard InChI is InChI=1S/C27H29F3O/c1-3-5-17-7-9-18(10-8-17)11-12-19-13-14-21-16-22-15-20(6-4-2)23(28)25(30)27(22)31-26(21)24(19)29/h13-15,17-18H,3-10,16H2,1-2H3. The molecule has 1 nitrogen and oxygen atoms in total. The highest BCUT2D eigenvalue weighted by Gasteiger charge is 2.28. The van der Waals surface area contributed by atoms with Gasteiger partial charge >= 0.3 is 0 Å². The summed E-state index contributed by atoms with van der Waals surface area (Å²) in [6.45, 7) is 4.13. The van der Waals surface area contributed by atoms with E-state index >= 15 is 4.39 Å². The van der Waals surface area contributed by atoms with E-state index < -0.39 is 17.5 Å². The predicted octanol–water partition coefficient (Wildman–Crippen LogP) is 7.71. The highest BCUT2D eigenvalue weighted by atomic mass is 19.2. The molecule has 0 atom stereocenters. The lowest BCUT2D eigenvalue weighted by Gasteiger charge is -2.25. The molecule has 1 aliphatic heterocycles.